The van der Waals surface area contributed by atoms with Gasteiger partial charge in [0.05, 0.1) is 0 Å². The fourth-order valence-corrected chi connectivity index (χ4v) is 8.36. The third-order valence-electron chi connectivity index (χ3n) is 11.0. The van der Waals surface area contributed by atoms with Crippen LogP contribution in [0.4, 0.5) is 0 Å². The van der Waals surface area contributed by atoms with Crippen LogP contribution in [0, 0.1) is 0 Å². The van der Waals surface area contributed by atoms with Gasteiger partial charge in [-0.25, -0.2) is 0 Å². The molecule has 0 saturated heterocycles. The first-order chi connectivity index (χ1) is 26.1. The zero-order valence-electron chi connectivity index (χ0n) is 29.0. The van der Waals surface area contributed by atoms with Gasteiger partial charge >= 0.3 is 0 Å². The molecule has 6 aromatic carbocycles. The van der Waals surface area contributed by atoms with Crippen LogP contribution in [0.15, 0.2) is 164 Å². The smallest absolute Gasteiger partial charge is 0.178 e. The number of rotatable bonds is 5. The molecular formula is C49H32O4. The molecule has 1 aliphatic rings. The second-order valence-electron chi connectivity index (χ2n) is 13.9. The van der Waals surface area contributed by atoms with Crippen LogP contribution in [0.25, 0.3) is 105 Å². The molecule has 4 nitrogen and oxygen atoms in total. The van der Waals surface area contributed by atoms with Gasteiger partial charge in [0.2, 0.25) is 0 Å². The molecule has 0 aliphatic heterocycles. The molecule has 11 rings (SSSR count). The predicted octanol–water partition coefficient (Wildman–Crippen LogP) is 14.2. The van der Waals surface area contributed by atoms with E-state index < -0.39 is 0 Å². The fourth-order valence-electron chi connectivity index (χ4n) is 8.36. The van der Waals surface area contributed by atoms with Crippen molar-refractivity contribution in [3.63, 3.8) is 0 Å². The molecule has 4 heteroatoms. The van der Waals surface area contributed by atoms with Gasteiger partial charge in [-0.1, -0.05) is 85.5 Å². The maximum absolute atomic E-state index is 6.55. The Bertz CT molecular complexity index is 3190. The Balaban J connectivity index is 0.985. The van der Waals surface area contributed by atoms with E-state index in [0.717, 1.165) is 112 Å². The van der Waals surface area contributed by atoms with Crippen molar-refractivity contribution < 1.29 is 17.7 Å². The quantitative estimate of drug-likeness (QED) is 0.169. The maximum Gasteiger partial charge on any atom is 0.178 e. The first kappa shape index (κ1) is 29.9. The molecule has 0 bridgehead atoms. The zero-order chi connectivity index (χ0) is 35.2. The fraction of sp³-hybridized carbons (Fsp3) is 0.0612. The molecule has 1 aliphatic carbocycles. The summed E-state index contributed by atoms with van der Waals surface area (Å²) in [5.74, 6) is 1.71. The second kappa shape index (κ2) is 11.4. The number of benzene rings is 6. The van der Waals surface area contributed by atoms with E-state index in [-0.39, 0.29) is 0 Å². The maximum atomic E-state index is 6.55. The molecule has 0 unspecified atom stereocenters. The summed E-state index contributed by atoms with van der Waals surface area (Å²) in [4.78, 5) is 0. The lowest BCUT2D eigenvalue weighted by Crippen LogP contribution is -1.99. The van der Waals surface area contributed by atoms with Crippen molar-refractivity contribution >= 4 is 71.4 Å². The minimum absolute atomic E-state index is 0.766. The Hall–Kier alpha value is -6.78. The normalized spacial score (nSPS) is 13.3. The van der Waals surface area contributed by atoms with Gasteiger partial charge in [-0.3, -0.25) is 0 Å². The Morgan fingerprint density at radius 2 is 1.02 bits per heavy atom. The third kappa shape index (κ3) is 4.49. The van der Waals surface area contributed by atoms with Crippen molar-refractivity contribution in [3.8, 4) is 33.8 Å². The molecule has 0 N–H and O–H groups in total. The molecule has 4 heterocycles. The molecule has 0 saturated carbocycles. The van der Waals surface area contributed by atoms with Crippen molar-refractivity contribution in [2.24, 2.45) is 0 Å². The van der Waals surface area contributed by atoms with Crippen molar-refractivity contribution in [2.75, 3.05) is 0 Å². The van der Waals surface area contributed by atoms with Gasteiger partial charge in [0, 0.05) is 43.4 Å². The highest BCUT2D eigenvalue weighted by atomic mass is 16.4. The summed E-state index contributed by atoms with van der Waals surface area (Å²) in [5.41, 5.74) is 14.3. The standard InChI is InChI=1S/C49H32O4/c1-3-5-9-28(4-2)30-12-20-42-38(24-30)34-16-18-36-40-26-32(14-22-44(40)52-48(36)46(34)50-42)33-15-23-45-41(27-33)37-19-17-35-39-25-31(29-10-7-6-8-11-29)13-21-43(39)51-47(35)49(37)53-45/h3-16,18,20-27H,1,17,19H2,2H3/b9-5-,28-4+. The van der Waals surface area contributed by atoms with Gasteiger partial charge in [-0.2, -0.15) is 0 Å². The molecule has 0 atom stereocenters. The van der Waals surface area contributed by atoms with Crippen molar-refractivity contribution in [1.82, 2.24) is 0 Å². The minimum atomic E-state index is 0.766. The SMILES string of the molecule is C=C/C=C\C(=C/C)c1ccc2oc3c(ccc4c5cc(-c6ccc7oc8c(c7c6)CCc6c-8oc7ccc(-c8ccccc8)cc67)ccc5oc43)c2c1. The van der Waals surface area contributed by atoms with E-state index in [4.69, 9.17) is 17.7 Å². The molecule has 53 heavy (non-hydrogen) atoms. The summed E-state index contributed by atoms with van der Waals surface area (Å²) in [6, 6.07) is 40.6. The van der Waals surface area contributed by atoms with E-state index in [2.05, 4.69) is 122 Å². The average molecular weight is 685 g/mol. The average Bonchev–Trinajstić information content (AvgIpc) is 3.97. The highest BCUT2D eigenvalue weighted by Gasteiger charge is 2.29. The highest BCUT2D eigenvalue weighted by Crippen LogP contribution is 2.46. The van der Waals surface area contributed by atoms with Crippen LogP contribution in [-0.4, -0.2) is 0 Å². The van der Waals surface area contributed by atoms with Crippen LogP contribution in [-0.2, 0) is 12.8 Å². The lowest BCUT2D eigenvalue weighted by molar-refractivity contribution is 0.556. The van der Waals surface area contributed by atoms with Crippen LogP contribution in [0.1, 0.15) is 23.6 Å². The van der Waals surface area contributed by atoms with E-state index in [1.165, 1.54) is 22.3 Å². The first-order valence-electron chi connectivity index (χ1n) is 18.1. The predicted molar refractivity (Wildman–Crippen MR) is 217 cm³/mol. The van der Waals surface area contributed by atoms with Crippen LogP contribution >= 0.6 is 0 Å². The Morgan fingerprint density at radius 1 is 0.509 bits per heavy atom. The van der Waals surface area contributed by atoms with E-state index in [0.29, 0.717) is 0 Å². The van der Waals surface area contributed by atoms with Gasteiger partial charge in [0.1, 0.15) is 22.3 Å². The Morgan fingerprint density at radius 3 is 1.58 bits per heavy atom. The lowest BCUT2D eigenvalue weighted by Gasteiger charge is -2.10. The summed E-state index contributed by atoms with van der Waals surface area (Å²) in [7, 11) is 0. The van der Waals surface area contributed by atoms with Crippen molar-refractivity contribution in [2.45, 2.75) is 19.8 Å². The monoisotopic (exact) mass is 684 g/mol. The van der Waals surface area contributed by atoms with Gasteiger partial charge < -0.3 is 17.7 Å². The number of allylic oxidation sites excluding steroid dienone is 5. The summed E-state index contributed by atoms with van der Waals surface area (Å²) in [6.45, 7) is 5.86. The number of aryl methyl sites for hydroxylation is 2. The van der Waals surface area contributed by atoms with Gasteiger partial charge in [-0.15, -0.1) is 0 Å². The van der Waals surface area contributed by atoms with Crippen LogP contribution in [0.3, 0.4) is 0 Å². The van der Waals surface area contributed by atoms with E-state index in [1.807, 2.05) is 25.1 Å². The highest BCUT2D eigenvalue weighted by molar-refractivity contribution is 6.19. The topological polar surface area (TPSA) is 52.6 Å². The molecule has 4 aromatic heterocycles. The number of fused-ring (bicyclic) bond motifs is 14. The zero-order valence-corrected chi connectivity index (χ0v) is 29.0. The first-order valence-corrected chi connectivity index (χ1v) is 18.1. The third-order valence-corrected chi connectivity index (χ3v) is 11.0. The Labute approximate surface area is 304 Å². The molecule has 0 radical (unpaired) electrons. The molecule has 0 fully saturated rings. The second-order valence-corrected chi connectivity index (χ2v) is 13.9. The lowest BCUT2D eigenvalue weighted by atomic mass is 9.91. The number of hydrogen-bond donors (Lipinski definition) is 0. The summed E-state index contributed by atoms with van der Waals surface area (Å²) in [5, 5.41) is 6.49. The molecule has 0 spiro atoms. The number of furan rings is 4. The van der Waals surface area contributed by atoms with Crippen LogP contribution in [0.5, 0.6) is 0 Å². The molecule has 252 valence electrons. The summed E-state index contributed by atoms with van der Waals surface area (Å²) >= 11 is 0. The van der Waals surface area contributed by atoms with E-state index in [9.17, 15) is 0 Å². The van der Waals surface area contributed by atoms with Crippen molar-refractivity contribution in [3.05, 3.63) is 163 Å². The van der Waals surface area contributed by atoms with Gasteiger partial charge in [-0.05, 0) is 114 Å². The van der Waals surface area contributed by atoms with Crippen LogP contribution < -0.4 is 0 Å². The van der Waals surface area contributed by atoms with Crippen LogP contribution in [0.2, 0.25) is 0 Å². The van der Waals surface area contributed by atoms with E-state index >= 15 is 0 Å². The van der Waals surface area contributed by atoms with Gasteiger partial charge in [0.25, 0.3) is 0 Å². The molecular weight excluding hydrogens is 653 g/mol. The summed E-state index contributed by atoms with van der Waals surface area (Å²) < 4.78 is 26.0. The molecule has 10 aromatic rings. The summed E-state index contributed by atoms with van der Waals surface area (Å²) in [6.07, 6.45) is 9.72. The van der Waals surface area contributed by atoms with Gasteiger partial charge in [0.15, 0.2) is 22.7 Å². The minimum Gasteiger partial charge on any atom is -0.452 e. The Kier molecular flexibility index (Phi) is 6.41. The number of hydrogen-bond acceptors (Lipinski definition) is 4. The van der Waals surface area contributed by atoms with E-state index in [1.54, 1.807) is 6.08 Å². The van der Waals surface area contributed by atoms with Crippen molar-refractivity contribution in [1.29, 1.82) is 0 Å². The molecule has 0 amide bonds. The largest absolute Gasteiger partial charge is 0.452 e.